The van der Waals surface area contributed by atoms with Gasteiger partial charge in [0.05, 0.1) is 24.2 Å². The average molecular weight is 297 g/mol. The van der Waals surface area contributed by atoms with E-state index in [1.807, 2.05) is 31.2 Å². The van der Waals surface area contributed by atoms with Crippen LogP contribution in [-0.4, -0.2) is 18.1 Å². The third kappa shape index (κ3) is 3.04. The summed E-state index contributed by atoms with van der Waals surface area (Å²) in [5.41, 5.74) is 5.25. The molecule has 22 heavy (non-hydrogen) atoms. The molecule has 1 aromatic carbocycles. The molecule has 1 aromatic heterocycles. The molecule has 0 spiro atoms. The minimum absolute atomic E-state index is 0.139. The second-order valence-electron chi connectivity index (χ2n) is 5.90. The fourth-order valence-corrected chi connectivity index (χ4v) is 2.86. The summed E-state index contributed by atoms with van der Waals surface area (Å²) in [5, 5.41) is 0.778. The highest BCUT2D eigenvalue weighted by atomic mass is 16.1. The Balaban J connectivity index is 2.55. The van der Waals surface area contributed by atoms with E-state index in [0.717, 1.165) is 40.8 Å². The molecule has 3 heteroatoms. The molecule has 3 nitrogen and oxygen atoms in total. The summed E-state index contributed by atoms with van der Waals surface area (Å²) >= 11 is 0. The molecule has 0 aliphatic heterocycles. The lowest BCUT2D eigenvalue weighted by molar-refractivity contribution is -0.902. The smallest absolute Gasteiger partial charge is 0.198 e. The predicted molar refractivity (Wildman–Crippen MR) is 93.6 cm³/mol. The van der Waals surface area contributed by atoms with Gasteiger partial charge in [0, 0.05) is 11.1 Å². The molecule has 2 rings (SSSR count). The van der Waals surface area contributed by atoms with Gasteiger partial charge in [0.1, 0.15) is 6.54 Å². The Morgan fingerprint density at radius 2 is 1.77 bits per heavy atom. The number of hydrogen-bond donors (Lipinski definition) is 2. The molecule has 0 aliphatic carbocycles. The predicted octanol–water partition coefficient (Wildman–Crippen LogP) is 2.21. The zero-order valence-corrected chi connectivity index (χ0v) is 13.8. The Morgan fingerprint density at radius 3 is 2.36 bits per heavy atom. The largest absolute Gasteiger partial charge is 0.358 e. The third-order valence-electron chi connectivity index (χ3n) is 4.31. The minimum atomic E-state index is 0.139. The Hall–Kier alpha value is -2.13. The molecule has 0 unspecified atom stereocenters. The molecule has 0 saturated heterocycles. The monoisotopic (exact) mass is 297 g/mol. The highest BCUT2D eigenvalue weighted by Gasteiger charge is 2.16. The van der Waals surface area contributed by atoms with Gasteiger partial charge in [-0.05, 0) is 50.1 Å². The van der Waals surface area contributed by atoms with E-state index in [1.165, 1.54) is 10.5 Å². The second kappa shape index (κ2) is 6.75. The quantitative estimate of drug-likeness (QED) is 0.788. The number of pyridine rings is 1. The first-order valence-electron chi connectivity index (χ1n) is 7.66. The molecule has 0 amide bonds. The minimum Gasteiger partial charge on any atom is -0.358 e. The molecule has 1 heterocycles. The van der Waals surface area contributed by atoms with Crippen molar-refractivity contribution in [2.24, 2.45) is 0 Å². The lowest BCUT2D eigenvalue weighted by Gasteiger charge is -2.18. The van der Waals surface area contributed by atoms with E-state index >= 15 is 0 Å². The van der Waals surface area contributed by atoms with Crippen LogP contribution in [-0.2, 0) is 6.54 Å². The van der Waals surface area contributed by atoms with E-state index < -0.39 is 0 Å². The highest BCUT2D eigenvalue weighted by Crippen LogP contribution is 2.18. The zero-order valence-electron chi connectivity index (χ0n) is 13.8. The summed E-state index contributed by atoms with van der Waals surface area (Å²) in [6.07, 6.45) is 3.77. The lowest BCUT2D eigenvalue weighted by Crippen LogP contribution is -3.10. The van der Waals surface area contributed by atoms with Crippen LogP contribution in [0.1, 0.15) is 22.4 Å². The maximum atomic E-state index is 12.9. The van der Waals surface area contributed by atoms with Crippen LogP contribution in [0.25, 0.3) is 10.9 Å². The molecule has 2 aromatic rings. The third-order valence-corrected chi connectivity index (χ3v) is 4.31. The van der Waals surface area contributed by atoms with Crippen molar-refractivity contribution >= 4 is 10.9 Å². The molecule has 0 saturated carbocycles. The van der Waals surface area contributed by atoms with Gasteiger partial charge in [-0.3, -0.25) is 4.79 Å². The van der Waals surface area contributed by atoms with Gasteiger partial charge in [0.2, 0.25) is 0 Å². The van der Waals surface area contributed by atoms with Crippen molar-refractivity contribution in [3.63, 3.8) is 0 Å². The number of aromatic amines is 1. The Kier molecular flexibility index (Phi) is 4.99. The summed E-state index contributed by atoms with van der Waals surface area (Å²) in [5.74, 6) is 0. The number of benzene rings is 1. The molecule has 116 valence electrons. The number of H-pyrrole nitrogens is 1. The van der Waals surface area contributed by atoms with Crippen LogP contribution in [0.3, 0.4) is 0 Å². The van der Waals surface area contributed by atoms with Gasteiger partial charge in [-0.2, -0.15) is 0 Å². The number of fused-ring (bicyclic) bond motifs is 1. The van der Waals surface area contributed by atoms with Crippen molar-refractivity contribution < 1.29 is 4.90 Å². The first-order valence-corrected chi connectivity index (χ1v) is 7.66. The van der Waals surface area contributed by atoms with Crippen LogP contribution >= 0.6 is 0 Å². The van der Waals surface area contributed by atoms with Crippen LogP contribution < -0.4 is 10.3 Å². The Labute approximate surface area is 132 Å². The molecule has 2 N–H and O–H groups in total. The standard InChI is InChI=1S/C19H24N2O/c1-6-10-21(11-7-2)12-17-15(5)20-18-14(4)13(3)8-9-16(18)19(17)22/h6-9H,1-2,10-12H2,3-5H3,(H,20,22)/p+1. The van der Waals surface area contributed by atoms with E-state index in [0.29, 0.717) is 6.54 Å². The summed E-state index contributed by atoms with van der Waals surface area (Å²) in [6.45, 7) is 16.0. The fraction of sp³-hybridized carbons (Fsp3) is 0.316. The van der Waals surface area contributed by atoms with E-state index in [2.05, 4.69) is 32.0 Å². The first kappa shape index (κ1) is 16.2. The number of nitrogens with one attached hydrogen (secondary N) is 2. The van der Waals surface area contributed by atoms with Crippen molar-refractivity contribution in [2.75, 3.05) is 13.1 Å². The maximum absolute atomic E-state index is 12.9. The van der Waals surface area contributed by atoms with Gasteiger partial charge in [-0.15, -0.1) is 0 Å². The van der Waals surface area contributed by atoms with E-state index in [1.54, 1.807) is 0 Å². The van der Waals surface area contributed by atoms with Crippen LogP contribution in [0, 0.1) is 20.8 Å². The molecular formula is C19H25N2O+. The van der Waals surface area contributed by atoms with Gasteiger partial charge < -0.3 is 9.88 Å². The number of rotatable bonds is 6. The van der Waals surface area contributed by atoms with Crippen molar-refractivity contribution in [1.82, 2.24) is 4.98 Å². The number of aromatic nitrogens is 1. The molecule has 0 bridgehead atoms. The van der Waals surface area contributed by atoms with E-state index in [4.69, 9.17) is 0 Å². The summed E-state index contributed by atoms with van der Waals surface area (Å²) in [6, 6.07) is 3.95. The van der Waals surface area contributed by atoms with Gasteiger partial charge >= 0.3 is 0 Å². The lowest BCUT2D eigenvalue weighted by atomic mass is 10.0. The molecule has 0 atom stereocenters. The molecular weight excluding hydrogens is 272 g/mol. The van der Waals surface area contributed by atoms with Crippen molar-refractivity contribution in [3.05, 3.63) is 70.1 Å². The molecule has 0 aliphatic rings. The average Bonchev–Trinajstić information content (AvgIpc) is 2.48. The number of hydrogen-bond acceptors (Lipinski definition) is 1. The first-order chi connectivity index (χ1) is 10.5. The zero-order chi connectivity index (χ0) is 16.3. The highest BCUT2D eigenvalue weighted by molar-refractivity contribution is 5.83. The Morgan fingerprint density at radius 1 is 1.14 bits per heavy atom. The van der Waals surface area contributed by atoms with Gasteiger partial charge in [-0.25, -0.2) is 0 Å². The van der Waals surface area contributed by atoms with Crippen LogP contribution in [0.5, 0.6) is 0 Å². The second-order valence-corrected chi connectivity index (χ2v) is 5.90. The van der Waals surface area contributed by atoms with Crippen molar-refractivity contribution in [2.45, 2.75) is 27.3 Å². The maximum Gasteiger partial charge on any atom is 0.198 e. The number of aryl methyl sites for hydroxylation is 3. The summed E-state index contributed by atoms with van der Waals surface area (Å²) < 4.78 is 0. The number of quaternary nitrogens is 1. The van der Waals surface area contributed by atoms with Gasteiger partial charge in [0.15, 0.2) is 5.43 Å². The van der Waals surface area contributed by atoms with Crippen molar-refractivity contribution in [1.29, 1.82) is 0 Å². The molecule has 0 radical (unpaired) electrons. The van der Waals surface area contributed by atoms with Crippen LogP contribution in [0.15, 0.2) is 42.2 Å². The normalized spacial score (nSPS) is 11.1. The summed E-state index contributed by atoms with van der Waals surface area (Å²) in [4.78, 5) is 17.6. The van der Waals surface area contributed by atoms with Crippen molar-refractivity contribution in [3.8, 4) is 0 Å². The summed E-state index contributed by atoms with van der Waals surface area (Å²) in [7, 11) is 0. The van der Waals surface area contributed by atoms with E-state index in [-0.39, 0.29) is 5.43 Å². The molecule has 0 fully saturated rings. The van der Waals surface area contributed by atoms with Crippen LogP contribution in [0.4, 0.5) is 0 Å². The van der Waals surface area contributed by atoms with E-state index in [9.17, 15) is 4.79 Å². The SMILES string of the molecule is C=CC[NH+](CC=C)Cc1c(C)[nH]c2c(C)c(C)ccc2c1=O. The fourth-order valence-electron chi connectivity index (χ4n) is 2.86. The topological polar surface area (TPSA) is 37.3 Å². The van der Waals surface area contributed by atoms with Gasteiger partial charge in [0.25, 0.3) is 0 Å². The Bertz CT molecular complexity index is 761. The van der Waals surface area contributed by atoms with Gasteiger partial charge in [-0.1, -0.05) is 19.2 Å². The van der Waals surface area contributed by atoms with Crippen LogP contribution in [0.2, 0.25) is 0 Å².